The molecule has 5 nitrogen and oxygen atoms in total. The van der Waals surface area contributed by atoms with E-state index in [9.17, 15) is 9.59 Å². The topological polar surface area (TPSA) is 68.3 Å². The lowest BCUT2D eigenvalue weighted by atomic mass is 10.1. The molecule has 1 saturated carbocycles. The number of amides is 1. The molecule has 1 N–H and O–H groups in total. The number of hydrogen-bond donors (Lipinski definition) is 1. The van der Waals surface area contributed by atoms with E-state index in [4.69, 9.17) is 27.9 Å². The van der Waals surface area contributed by atoms with E-state index in [1.165, 1.54) is 11.3 Å². The van der Waals surface area contributed by atoms with Gasteiger partial charge in [0, 0.05) is 11.3 Å². The number of ether oxygens (including phenoxy) is 1. The number of nitrogens with one attached hydrogen (secondary N) is 1. The molecule has 1 aromatic carbocycles. The Hall–Kier alpha value is -1.63. The van der Waals surface area contributed by atoms with Crippen molar-refractivity contribution < 1.29 is 14.3 Å². The van der Waals surface area contributed by atoms with Gasteiger partial charge < -0.3 is 10.1 Å². The number of carbonyl (C=O) groups excluding carboxylic acids is 2. The SMILES string of the molecule is CCOC(=O)Cc1csc(NC(=O)C2CC2c2ccc(Cl)c(Cl)c2)n1. The predicted octanol–water partition coefficient (Wildman–Crippen LogP) is 4.30. The summed E-state index contributed by atoms with van der Waals surface area (Å²) in [5.74, 6) is -0.357. The molecule has 0 aliphatic heterocycles. The summed E-state index contributed by atoms with van der Waals surface area (Å²) in [6.07, 6.45) is 0.875. The highest BCUT2D eigenvalue weighted by Gasteiger charge is 2.44. The Morgan fingerprint density at radius 1 is 1.36 bits per heavy atom. The van der Waals surface area contributed by atoms with Crippen molar-refractivity contribution in [3.8, 4) is 0 Å². The lowest BCUT2D eigenvalue weighted by Gasteiger charge is -2.03. The fraction of sp³-hybridized carbons (Fsp3) is 0.353. The number of benzene rings is 1. The minimum absolute atomic E-state index is 0.0758. The Balaban J connectivity index is 1.56. The Bertz CT molecular complexity index is 809. The Morgan fingerprint density at radius 3 is 2.88 bits per heavy atom. The van der Waals surface area contributed by atoms with E-state index in [0.29, 0.717) is 27.5 Å². The molecule has 0 radical (unpaired) electrons. The quantitative estimate of drug-likeness (QED) is 0.736. The van der Waals surface area contributed by atoms with Gasteiger partial charge in [0.15, 0.2) is 5.13 Å². The normalized spacial score (nSPS) is 18.7. The van der Waals surface area contributed by atoms with Gasteiger partial charge in [-0.2, -0.15) is 0 Å². The number of anilines is 1. The molecule has 1 aromatic heterocycles. The van der Waals surface area contributed by atoms with Crippen LogP contribution in [0.5, 0.6) is 0 Å². The van der Waals surface area contributed by atoms with Gasteiger partial charge in [-0.3, -0.25) is 9.59 Å². The fourth-order valence-electron chi connectivity index (χ4n) is 2.60. The average molecular weight is 399 g/mol. The third-order valence-corrected chi connectivity index (χ3v) is 5.46. The van der Waals surface area contributed by atoms with Crippen LogP contribution in [0.4, 0.5) is 5.13 Å². The van der Waals surface area contributed by atoms with Crippen LogP contribution in [0.15, 0.2) is 23.6 Å². The van der Waals surface area contributed by atoms with Gasteiger partial charge in [0.05, 0.1) is 28.8 Å². The number of carbonyl (C=O) groups is 2. The zero-order valence-electron chi connectivity index (χ0n) is 13.4. The molecule has 0 saturated heterocycles. The summed E-state index contributed by atoms with van der Waals surface area (Å²) < 4.78 is 4.88. The summed E-state index contributed by atoms with van der Waals surface area (Å²) in [5, 5.41) is 6.05. The van der Waals surface area contributed by atoms with Crippen LogP contribution in [0.3, 0.4) is 0 Å². The first kappa shape index (κ1) is 18.2. The zero-order valence-corrected chi connectivity index (χ0v) is 15.7. The van der Waals surface area contributed by atoms with Crippen molar-refractivity contribution in [2.24, 2.45) is 5.92 Å². The summed E-state index contributed by atoms with van der Waals surface area (Å²) in [5.41, 5.74) is 1.60. The Labute approximate surface area is 159 Å². The van der Waals surface area contributed by atoms with E-state index >= 15 is 0 Å². The summed E-state index contributed by atoms with van der Waals surface area (Å²) >= 11 is 13.2. The van der Waals surface area contributed by atoms with Crippen molar-refractivity contribution in [3.63, 3.8) is 0 Å². The van der Waals surface area contributed by atoms with Crippen LogP contribution >= 0.6 is 34.5 Å². The Kier molecular flexibility index (Phi) is 5.61. The maximum Gasteiger partial charge on any atom is 0.311 e. The molecule has 25 heavy (non-hydrogen) atoms. The molecular formula is C17H16Cl2N2O3S. The molecule has 1 amide bonds. The lowest BCUT2D eigenvalue weighted by Crippen LogP contribution is -2.14. The van der Waals surface area contributed by atoms with E-state index in [1.54, 1.807) is 18.4 Å². The van der Waals surface area contributed by atoms with Gasteiger partial charge in [0.1, 0.15) is 0 Å². The highest BCUT2D eigenvalue weighted by molar-refractivity contribution is 7.13. The maximum atomic E-state index is 12.3. The molecule has 8 heteroatoms. The molecule has 0 spiro atoms. The van der Waals surface area contributed by atoms with Crippen LogP contribution in [0, 0.1) is 5.92 Å². The number of esters is 1. The third kappa shape index (κ3) is 4.51. The minimum atomic E-state index is -0.326. The summed E-state index contributed by atoms with van der Waals surface area (Å²) in [6.45, 7) is 2.09. The van der Waals surface area contributed by atoms with Crippen molar-refractivity contribution in [2.45, 2.75) is 25.7 Å². The van der Waals surface area contributed by atoms with Crippen molar-refractivity contribution in [1.82, 2.24) is 4.98 Å². The first-order valence-electron chi connectivity index (χ1n) is 7.83. The van der Waals surface area contributed by atoms with Gasteiger partial charge in [-0.1, -0.05) is 29.3 Å². The number of nitrogens with zero attached hydrogens (tertiary/aromatic N) is 1. The van der Waals surface area contributed by atoms with E-state index in [-0.39, 0.29) is 30.1 Å². The molecule has 2 atom stereocenters. The fourth-order valence-corrected chi connectivity index (χ4v) is 3.62. The molecule has 132 valence electrons. The van der Waals surface area contributed by atoms with Crippen molar-refractivity contribution >= 4 is 51.5 Å². The molecular weight excluding hydrogens is 383 g/mol. The van der Waals surface area contributed by atoms with E-state index in [0.717, 1.165) is 12.0 Å². The van der Waals surface area contributed by atoms with Crippen molar-refractivity contribution in [1.29, 1.82) is 0 Å². The van der Waals surface area contributed by atoms with Gasteiger partial charge in [-0.25, -0.2) is 4.98 Å². The van der Waals surface area contributed by atoms with Crippen molar-refractivity contribution in [3.05, 3.63) is 44.9 Å². The van der Waals surface area contributed by atoms with Gasteiger partial charge in [-0.05, 0) is 37.0 Å². The van der Waals surface area contributed by atoms with E-state index in [2.05, 4.69) is 10.3 Å². The van der Waals surface area contributed by atoms with Crippen LogP contribution < -0.4 is 5.32 Å². The minimum Gasteiger partial charge on any atom is -0.466 e. The van der Waals surface area contributed by atoms with E-state index < -0.39 is 0 Å². The third-order valence-electron chi connectivity index (χ3n) is 3.91. The summed E-state index contributed by atoms with van der Waals surface area (Å²) in [7, 11) is 0. The van der Waals surface area contributed by atoms with Gasteiger partial charge in [0.2, 0.25) is 5.91 Å². The molecule has 2 aromatic rings. The molecule has 1 fully saturated rings. The number of hydrogen-bond acceptors (Lipinski definition) is 5. The number of thiazole rings is 1. The average Bonchev–Trinajstić information content (AvgIpc) is 3.26. The summed E-state index contributed by atoms with van der Waals surface area (Å²) in [6, 6.07) is 5.45. The van der Waals surface area contributed by atoms with Crippen LogP contribution in [-0.2, 0) is 20.7 Å². The largest absolute Gasteiger partial charge is 0.466 e. The Morgan fingerprint density at radius 2 is 2.16 bits per heavy atom. The molecule has 0 bridgehead atoms. The highest BCUT2D eigenvalue weighted by atomic mass is 35.5. The first-order valence-corrected chi connectivity index (χ1v) is 9.47. The van der Waals surface area contributed by atoms with Gasteiger partial charge in [0.25, 0.3) is 0 Å². The van der Waals surface area contributed by atoms with Crippen LogP contribution in [0.1, 0.15) is 30.5 Å². The first-order chi connectivity index (χ1) is 12.0. The van der Waals surface area contributed by atoms with Crippen molar-refractivity contribution in [2.75, 3.05) is 11.9 Å². The van der Waals surface area contributed by atoms with Crippen LogP contribution in [0.25, 0.3) is 0 Å². The standard InChI is InChI=1S/C17H16Cl2N2O3S/c1-2-24-15(22)6-10-8-25-17(20-10)21-16(23)12-7-11(12)9-3-4-13(18)14(19)5-9/h3-5,8,11-12H,2,6-7H2,1H3,(H,20,21,23). The second kappa shape index (κ2) is 7.72. The van der Waals surface area contributed by atoms with Gasteiger partial charge in [-0.15, -0.1) is 11.3 Å². The van der Waals surface area contributed by atoms with Crippen LogP contribution in [0.2, 0.25) is 10.0 Å². The second-order valence-electron chi connectivity index (χ2n) is 5.74. The molecule has 1 aliphatic carbocycles. The molecule has 2 unspecified atom stereocenters. The second-order valence-corrected chi connectivity index (χ2v) is 7.41. The smallest absolute Gasteiger partial charge is 0.311 e. The molecule has 1 heterocycles. The summed E-state index contributed by atoms with van der Waals surface area (Å²) in [4.78, 5) is 28.1. The highest BCUT2D eigenvalue weighted by Crippen LogP contribution is 2.49. The maximum absolute atomic E-state index is 12.3. The van der Waals surface area contributed by atoms with Crippen LogP contribution in [-0.4, -0.2) is 23.5 Å². The lowest BCUT2D eigenvalue weighted by molar-refractivity contribution is -0.142. The predicted molar refractivity (Wildman–Crippen MR) is 98.4 cm³/mol. The van der Waals surface area contributed by atoms with E-state index in [1.807, 2.05) is 12.1 Å². The number of rotatable bonds is 6. The number of aromatic nitrogens is 1. The molecule has 1 aliphatic rings. The molecule has 3 rings (SSSR count). The van der Waals surface area contributed by atoms with Gasteiger partial charge >= 0.3 is 5.97 Å². The zero-order chi connectivity index (χ0) is 18.0. The number of halogens is 2. The monoisotopic (exact) mass is 398 g/mol.